The summed E-state index contributed by atoms with van der Waals surface area (Å²) in [4.78, 5) is 44.7. The van der Waals surface area contributed by atoms with Crippen molar-refractivity contribution in [2.75, 3.05) is 7.11 Å². The second-order valence-electron chi connectivity index (χ2n) is 11.2. The van der Waals surface area contributed by atoms with Crippen molar-refractivity contribution in [2.24, 2.45) is 0 Å². The van der Waals surface area contributed by atoms with Gasteiger partial charge in [0.05, 0.1) is 36.0 Å². The SMILES string of the molecule is C=Cc1c(C)c2cc3nc(c4c5[n-]c(cc6nc(cc1[n-]2)C(C)=C6CC)c(C)c5[C@@H](O)[C@@H]4C(=O)OC)C(/C=C/C(=O)O)=C3C.[Mg+2]. The van der Waals surface area contributed by atoms with Crippen LogP contribution in [0.15, 0.2) is 36.9 Å². The molecule has 3 aromatic heterocycles. The van der Waals surface area contributed by atoms with Crippen molar-refractivity contribution in [1.82, 2.24) is 19.9 Å². The average Bonchev–Trinajstić information content (AvgIpc) is 3.72. The van der Waals surface area contributed by atoms with E-state index in [2.05, 4.69) is 13.5 Å². The van der Waals surface area contributed by atoms with Crippen LogP contribution in [0.25, 0.3) is 50.4 Å². The maximum absolute atomic E-state index is 13.2. The number of carbonyl (C=O) groups is 2. The number of aryl methyl sites for hydroxylation is 2. The first-order valence-electron chi connectivity index (χ1n) is 14.4. The molecule has 10 heteroatoms. The van der Waals surface area contributed by atoms with Gasteiger partial charge in [-0.15, -0.1) is 22.1 Å². The molecule has 0 aromatic carbocycles. The number of esters is 1. The number of carboxylic acids is 1. The van der Waals surface area contributed by atoms with E-state index in [0.29, 0.717) is 50.2 Å². The summed E-state index contributed by atoms with van der Waals surface area (Å²) in [5.74, 6) is -2.87. The van der Waals surface area contributed by atoms with E-state index in [4.69, 9.17) is 24.7 Å². The van der Waals surface area contributed by atoms with E-state index in [0.717, 1.165) is 57.2 Å². The number of allylic oxidation sites excluding steroid dienone is 5. The zero-order chi connectivity index (χ0) is 31.6. The molecule has 1 aliphatic carbocycles. The summed E-state index contributed by atoms with van der Waals surface area (Å²) < 4.78 is 5.14. The van der Waals surface area contributed by atoms with E-state index >= 15 is 0 Å². The number of nitrogens with zero attached hydrogens (tertiary/aromatic N) is 4. The number of methoxy groups -OCH3 is 1. The van der Waals surface area contributed by atoms with Gasteiger partial charge in [0.15, 0.2) is 0 Å². The summed E-state index contributed by atoms with van der Waals surface area (Å²) >= 11 is 0. The fourth-order valence-corrected chi connectivity index (χ4v) is 6.51. The van der Waals surface area contributed by atoms with Gasteiger partial charge in [-0.05, 0) is 73.6 Å². The van der Waals surface area contributed by atoms with Gasteiger partial charge in [-0.2, -0.15) is 0 Å². The van der Waals surface area contributed by atoms with Crippen LogP contribution in [-0.4, -0.2) is 62.3 Å². The molecule has 6 rings (SSSR count). The average molecular weight is 613 g/mol. The Kier molecular flexibility index (Phi) is 8.52. The third kappa shape index (κ3) is 4.97. The quantitative estimate of drug-likeness (QED) is 0.212. The molecule has 0 saturated carbocycles. The summed E-state index contributed by atoms with van der Waals surface area (Å²) in [6.45, 7) is 13.8. The van der Waals surface area contributed by atoms with Crippen molar-refractivity contribution in [1.29, 1.82) is 0 Å². The van der Waals surface area contributed by atoms with E-state index < -0.39 is 24.0 Å². The Morgan fingerprint density at radius 3 is 2.24 bits per heavy atom. The van der Waals surface area contributed by atoms with E-state index in [-0.39, 0.29) is 23.1 Å². The molecule has 2 N–H and O–H groups in total. The van der Waals surface area contributed by atoms with Gasteiger partial charge in [-0.3, -0.25) is 4.79 Å². The molecule has 9 nitrogen and oxygen atoms in total. The Balaban J connectivity index is 0.00000400. The summed E-state index contributed by atoms with van der Waals surface area (Å²) in [5.41, 5.74) is 11.7. The Morgan fingerprint density at radius 1 is 0.956 bits per heavy atom. The molecule has 5 heterocycles. The van der Waals surface area contributed by atoms with Crippen molar-refractivity contribution in [3.05, 3.63) is 87.5 Å². The summed E-state index contributed by atoms with van der Waals surface area (Å²) in [6, 6.07) is 5.73. The molecule has 0 amide bonds. The third-order valence-electron chi connectivity index (χ3n) is 8.90. The summed E-state index contributed by atoms with van der Waals surface area (Å²) in [5, 5.41) is 21.1. The van der Waals surface area contributed by atoms with Crippen molar-refractivity contribution in [3.8, 4) is 0 Å². The van der Waals surface area contributed by atoms with E-state index in [1.807, 2.05) is 45.9 Å². The fourth-order valence-electron chi connectivity index (χ4n) is 6.51. The minimum Gasteiger partial charge on any atom is -0.657 e. The number of aromatic nitrogens is 4. The van der Waals surface area contributed by atoms with Crippen LogP contribution in [0.3, 0.4) is 0 Å². The Morgan fingerprint density at radius 2 is 1.60 bits per heavy atom. The fraction of sp³-hybridized carbons (Fsp3) is 0.257. The van der Waals surface area contributed by atoms with Crippen molar-refractivity contribution >= 4 is 85.4 Å². The molecule has 3 aliphatic rings. The largest absolute Gasteiger partial charge is 2.00 e. The molecular formula is C35H32MgN4O5. The van der Waals surface area contributed by atoms with Crippen molar-refractivity contribution < 1.29 is 24.5 Å². The topological polar surface area (TPSA) is 138 Å². The molecule has 224 valence electrons. The molecule has 8 bridgehead atoms. The molecule has 3 aromatic rings. The van der Waals surface area contributed by atoms with Gasteiger partial charge in [-0.1, -0.05) is 48.9 Å². The maximum atomic E-state index is 13.2. The molecule has 45 heavy (non-hydrogen) atoms. The van der Waals surface area contributed by atoms with Crippen LogP contribution in [0.5, 0.6) is 0 Å². The van der Waals surface area contributed by atoms with Crippen LogP contribution in [0, 0.1) is 13.8 Å². The first-order valence-corrected chi connectivity index (χ1v) is 14.4. The molecule has 2 atom stereocenters. The van der Waals surface area contributed by atoms with Crippen LogP contribution >= 0.6 is 0 Å². The predicted octanol–water partition coefficient (Wildman–Crippen LogP) is 5.67. The van der Waals surface area contributed by atoms with Crippen molar-refractivity contribution in [2.45, 2.75) is 53.1 Å². The van der Waals surface area contributed by atoms with Gasteiger partial charge in [0.2, 0.25) is 0 Å². The van der Waals surface area contributed by atoms with Gasteiger partial charge in [0, 0.05) is 11.6 Å². The van der Waals surface area contributed by atoms with Crippen LogP contribution in [-0.2, 0) is 14.3 Å². The van der Waals surface area contributed by atoms with E-state index in [9.17, 15) is 19.8 Å². The minimum absolute atomic E-state index is 0. The Labute approximate surface area is 276 Å². The number of fused-ring (bicyclic) bond motifs is 8. The predicted molar refractivity (Wildman–Crippen MR) is 176 cm³/mol. The molecule has 0 spiro atoms. The summed E-state index contributed by atoms with van der Waals surface area (Å²) in [6.07, 6.45) is 3.79. The number of aliphatic hydroxyl groups is 1. The first-order chi connectivity index (χ1) is 21.0. The minimum atomic E-state index is -1.23. The maximum Gasteiger partial charge on any atom is 2.00 e. The van der Waals surface area contributed by atoms with Crippen LogP contribution in [0.1, 0.15) is 89.8 Å². The first kappa shape index (κ1) is 32.1. The Hall–Kier alpha value is -4.25. The number of carbonyl (C=O) groups excluding carboxylic acids is 1. The molecule has 0 radical (unpaired) electrons. The number of rotatable bonds is 5. The molecule has 0 fully saturated rings. The van der Waals surface area contributed by atoms with Gasteiger partial charge in [0.25, 0.3) is 0 Å². The summed E-state index contributed by atoms with van der Waals surface area (Å²) in [7, 11) is 1.27. The normalized spacial score (nSPS) is 17.2. The molecule has 0 saturated heterocycles. The van der Waals surface area contributed by atoms with Crippen molar-refractivity contribution in [3.63, 3.8) is 0 Å². The van der Waals surface area contributed by atoms with Gasteiger partial charge < -0.3 is 24.9 Å². The number of ether oxygens (including phenoxy) is 1. The zero-order valence-corrected chi connectivity index (χ0v) is 27.6. The monoisotopic (exact) mass is 612 g/mol. The number of aliphatic hydroxyl groups excluding tert-OH is 1. The zero-order valence-electron chi connectivity index (χ0n) is 26.1. The number of hydrogen-bond donors (Lipinski definition) is 2. The second kappa shape index (κ2) is 11.9. The second-order valence-corrected chi connectivity index (χ2v) is 11.2. The number of aliphatic carboxylic acids is 1. The van der Waals surface area contributed by atoms with Gasteiger partial charge in [0.1, 0.15) is 5.92 Å². The number of hydrogen-bond acceptors (Lipinski definition) is 6. The van der Waals surface area contributed by atoms with E-state index in [1.165, 1.54) is 13.2 Å². The van der Waals surface area contributed by atoms with Crippen LogP contribution in [0.2, 0.25) is 0 Å². The van der Waals surface area contributed by atoms with Gasteiger partial charge >= 0.3 is 35.0 Å². The van der Waals surface area contributed by atoms with Gasteiger partial charge in [-0.25, -0.2) is 14.8 Å². The smallest absolute Gasteiger partial charge is 0.657 e. The van der Waals surface area contributed by atoms with Crippen LogP contribution < -0.4 is 9.97 Å². The molecule has 2 aliphatic heterocycles. The molecule has 0 unspecified atom stereocenters. The molecular weight excluding hydrogens is 581 g/mol. The standard InChI is InChI=1S/C35H33N4O5.Mg/c1-8-19-15(3)22-12-24-17(5)21(10-11-28(40)41)32(38-24)30-31(35(43)44-7)34(42)29-18(6)25(39-33(29)30)14-27-20(9-2)16(4)23(37-27)13-26(19)36-22;/h8,10-14,31,34,42H,1,9H2,2-7H3,(H2-,36,37,38,39,40,41);/q-1;+2/p-1/b11-10+,22-12?,23-13?,24-12?,25-14?,26-13?,27-14?,32-30?;/t31-,34-;/m1./s1. The Bertz CT molecular complexity index is 2080. The van der Waals surface area contributed by atoms with Crippen LogP contribution in [0.4, 0.5) is 0 Å². The third-order valence-corrected chi connectivity index (χ3v) is 8.90. The van der Waals surface area contributed by atoms with E-state index in [1.54, 1.807) is 6.08 Å². The number of carboxylic acid groups (broad SMARTS) is 1.